The van der Waals surface area contributed by atoms with E-state index in [2.05, 4.69) is 41.9 Å². The Hall–Kier alpha value is -2.20. The minimum atomic E-state index is -0.0584. The molecule has 1 aromatic carbocycles. The van der Waals surface area contributed by atoms with Gasteiger partial charge in [-0.25, -0.2) is 0 Å². The van der Waals surface area contributed by atoms with Crippen molar-refractivity contribution in [2.45, 2.75) is 44.4 Å². The van der Waals surface area contributed by atoms with Crippen molar-refractivity contribution < 1.29 is 9.53 Å². The normalized spacial score (nSPS) is 31.6. The van der Waals surface area contributed by atoms with Crippen molar-refractivity contribution in [3.63, 3.8) is 0 Å². The van der Waals surface area contributed by atoms with Gasteiger partial charge in [-0.1, -0.05) is 36.4 Å². The van der Waals surface area contributed by atoms with E-state index >= 15 is 0 Å². The summed E-state index contributed by atoms with van der Waals surface area (Å²) >= 11 is 0. The summed E-state index contributed by atoms with van der Waals surface area (Å²) in [5.41, 5.74) is 2.31. The zero-order chi connectivity index (χ0) is 17.4. The fourth-order valence-corrected chi connectivity index (χ4v) is 4.07. The highest BCUT2D eigenvalue weighted by atomic mass is 16.5. The molecular formula is C21H24N2O2. The van der Waals surface area contributed by atoms with Crippen LogP contribution in [0.15, 0.2) is 54.9 Å². The molecule has 0 spiro atoms. The number of ether oxygens (including phenoxy) is 1. The smallest absolute Gasteiger partial charge is 0.226 e. The van der Waals surface area contributed by atoms with Crippen molar-refractivity contribution in [3.05, 3.63) is 66.0 Å². The van der Waals surface area contributed by atoms with Crippen LogP contribution in [0.2, 0.25) is 0 Å². The van der Waals surface area contributed by atoms with Gasteiger partial charge in [0.25, 0.3) is 0 Å². The minimum Gasteiger partial charge on any atom is -0.369 e. The van der Waals surface area contributed by atoms with Crippen LogP contribution in [-0.4, -0.2) is 34.5 Å². The van der Waals surface area contributed by atoms with E-state index in [1.54, 1.807) is 6.20 Å². The number of pyridine rings is 1. The maximum atomic E-state index is 13.2. The second kappa shape index (κ2) is 6.60. The van der Waals surface area contributed by atoms with Crippen molar-refractivity contribution >= 4 is 5.91 Å². The van der Waals surface area contributed by atoms with Gasteiger partial charge in [0.05, 0.1) is 18.7 Å². The number of nitrogens with zero attached hydrogens (tertiary/aromatic N) is 2. The molecule has 25 heavy (non-hydrogen) atoms. The monoisotopic (exact) mass is 336 g/mol. The second-order valence-electron chi connectivity index (χ2n) is 7.23. The number of hydrogen-bond donors (Lipinski definition) is 0. The van der Waals surface area contributed by atoms with Crippen LogP contribution < -0.4 is 0 Å². The summed E-state index contributed by atoms with van der Waals surface area (Å²) in [7, 11) is 0. The van der Waals surface area contributed by atoms with Gasteiger partial charge in [0.15, 0.2) is 0 Å². The van der Waals surface area contributed by atoms with Crippen molar-refractivity contribution in [2.24, 2.45) is 5.92 Å². The molecule has 5 atom stereocenters. The van der Waals surface area contributed by atoms with Crippen molar-refractivity contribution in [2.75, 3.05) is 6.61 Å². The first kappa shape index (κ1) is 16.3. The lowest BCUT2D eigenvalue weighted by Crippen LogP contribution is -2.54. The highest BCUT2D eigenvalue weighted by molar-refractivity contribution is 5.83. The van der Waals surface area contributed by atoms with E-state index in [-0.39, 0.29) is 30.0 Å². The molecule has 1 amide bonds. The van der Waals surface area contributed by atoms with Gasteiger partial charge in [0.1, 0.15) is 6.10 Å². The molecule has 1 aliphatic carbocycles. The lowest BCUT2D eigenvalue weighted by atomic mass is 9.97. The van der Waals surface area contributed by atoms with E-state index < -0.39 is 0 Å². The van der Waals surface area contributed by atoms with Gasteiger partial charge in [0, 0.05) is 18.3 Å². The standard InChI is InChI=1S/C21H24N2O2/c1-14-13-25-20(16-7-4-3-5-8-16)15(2)23(14)21(24)19-11-18(19)17-9-6-10-22-12-17/h3-10,12,14-15,18-20H,11,13H2,1-2H3/t14-,15+,18+,19-,20+/m1/s1. The lowest BCUT2D eigenvalue weighted by Gasteiger charge is -2.44. The third-order valence-corrected chi connectivity index (χ3v) is 5.47. The minimum absolute atomic E-state index is 0.0359. The molecule has 1 saturated heterocycles. The van der Waals surface area contributed by atoms with Crippen LogP contribution in [0.4, 0.5) is 0 Å². The van der Waals surface area contributed by atoms with Crippen molar-refractivity contribution in [1.29, 1.82) is 0 Å². The van der Waals surface area contributed by atoms with E-state index in [9.17, 15) is 4.79 Å². The number of hydrogen-bond acceptors (Lipinski definition) is 3. The Morgan fingerprint density at radius 2 is 1.88 bits per heavy atom. The van der Waals surface area contributed by atoms with Crippen LogP contribution in [0.3, 0.4) is 0 Å². The molecule has 1 aromatic heterocycles. The summed E-state index contributed by atoms with van der Waals surface area (Å²) < 4.78 is 6.08. The lowest BCUT2D eigenvalue weighted by molar-refractivity contribution is -0.154. The Bertz CT molecular complexity index is 734. The van der Waals surface area contributed by atoms with Gasteiger partial charge < -0.3 is 9.64 Å². The summed E-state index contributed by atoms with van der Waals surface area (Å²) in [6.45, 7) is 4.77. The SMILES string of the molecule is C[C@@H]1CO[C@H](c2ccccc2)[C@H](C)N1C(=O)[C@@H]1C[C@H]1c1cccnc1. The van der Waals surface area contributed by atoms with Crippen LogP contribution in [0, 0.1) is 5.92 Å². The fourth-order valence-electron chi connectivity index (χ4n) is 4.07. The average Bonchev–Trinajstić information content (AvgIpc) is 3.44. The van der Waals surface area contributed by atoms with Gasteiger partial charge in [-0.3, -0.25) is 9.78 Å². The van der Waals surface area contributed by atoms with Gasteiger partial charge >= 0.3 is 0 Å². The van der Waals surface area contributed by atoms with Gasteiger partial charge in [-0.2, -0.15) is 0 Å². The molecule has 4 nitrogen and oxygen atoms in total. The van der Waals surface area contributed by atoms with Crippen LogP contribution in [0.25, 0.3) is 0 Å². The van der Waals surface area contributed by atoms with Gasteiger partial charge in [0.2, 0.25) is 5.91 Å². The Kier molecular flexibility index (Phi) is 4.30. The Morgan fingerprint density at radius 3 is 2.60 bits per heavy atom. The highest BCUT2D eigenvalue weighted by Gasteiger charge is 2.49. The van der Waals surface area contributed by atoms with Crippen LogP contribution in [-0.2, 0) is 9.53 Å². The summed E-state index contributed by atoms with van der Waals surface area (Å²) in [5.74, 6) is 0.667. The van der Waals surface area contributed by atoms with E-state index in [4.69, 9.17) is 4.74 Å². The number of amides is 1. The first-order chi connectivity index (χ1) is 12.2. The first-order valence-corrected chi connectivity index (χ1v) is 9.05. The molecule has 2 aliphatic rings. The molecule has 0 unspecified atom stereocenters. The average molecular weight is 336 g/mol. The molecule has 2 aromatic rings. The third-order valence-electron chi connectivity index (χ3n) is 5.47. The zero-order valence-electron chi connectivity index (χ0n) is 14.7. The van der Waals surface area contributed by atoms with Gasteiger partial charge in [-0.05, 0) is 43.4 Å². The van der Waals surface area contributed by atoms with E-state index in [1.807, 2.05) is 30.5 Å². The third kappa shape index (κ3) is 3.07. The number of rotatable bonds is 3. The number of morpholine rings is 1. The number of benzene rings is 1. The predicted molar refractivity (Wildman–Crippen MR) is 96.0 cm³/mol. The predicted octanol–water partition coefficient (Wildman–Crippen LogP) is 3.56. The Morgan fingerprint density at radius 1 is 1.12 bits per heavy atom. The maximum Gasteiger partial charge on any atom is 0.226 e. The summed E-state index contributed by atoms with van der Waals surface area (Å²) in [6, 6.07) is 14.4. The molecule has 4 rings (SSSR count). The summed E-state index contributed by atoms with van der Waals surface area (Å²) in [5, 5.41) is 0. The molecule has 2 fully saturated rings. The Labute approximate surface area is 148 Å². The van der Waals surface area contributed by atoms with Crippen molar-refractivity contribution in [1.82, 2.24) is 9.88 Å². The molecule has 2 heterocycles. The zero-order valence-corrected chi connectivity index (χ0v) is 14.7. The molecule has 1 saturated carbocycles. The second-order valence-corrected chi connectivity index (χ2v) is 7.23. The number of aromatic nitrogens is 1. The van der Waals surface area contributed by atoms with Crippen LogP contribution in [0.1, 0.15) is 43.4 Å². The van der Waals surface area contributed by atoms with E-state index in [0.29, 0.717) is 12.5 Å². The van der Waals surface area contributed by atoms with E-state index in [0.717, 1.165) is 12.0 Å². The maximum absolute atomic E-state index is 13.2. The number of carbonyl (C=O) groups excluding carboxylic acids is 1. The fraction of sp³-hybridized carbons (Fsp3) is 0.429. The Balaban J connectivity index is 1.51. The van der Waals surface area contributed by atoms with Crippen LogP contribution in [0.5, 0.6) is 0 Å². The number of carbonyl (C=O) groups is 1. The molecule has 0 N–H and O–H groups in total. The highest BCUT2D eigenvalue weighted by Crippen LogP contribution is 2.49. The quantitative estimate of drug-likeness (QED) is 0.861. The van der Waals surface area contributed by atoms with Crippen molar-refractivity contribution in [3.8, 4) is 0 Å². The topological polar surface area (TPSA) is 42.4 Å². The summed E-state index contributed by atoms with van der Waals surface area (Å²) in [4.78, 5) is 19.4. The van der Waals surface area contributed by atoms with Crippen LogP contribution >= 0.6 is 0 Å². The first-order valence-electron chi connectivity index (χ1n) is 9.05. The molecule has 1 aliphatic heterocycles. The molecule has 4 heteroatoms. The molecular weight excluding hydrogens is 312 g/mol. The van der Waals surface area contributed by atoms with E-state index in [1.165, 1.54) is 5.56 Å². The molecule has 0 bridgehead atoms. The largest absolute Gasteiger partial charge is 0.369 e. The summed E-state index contributed by atoms with van der Waals surface area (Å²) in [6.07, 6.45) is 4.53. The molecule has 0 radical (unpaired) electrons. The molecule has 130 valence electrons. The van der Waals surface area contributed by atoms with Gasteiger partial charge in [-0.15, -0.1) is 0 Å².